The molecule has 0 saturated heterocycles. The zero-order valence-electron chi connectivity index (χ0n) is 10.7. The van der Waals surface area contributed by atoms with Crippen LogP contribution in [-0.2, 0) is 0 Å². The van der Waals surface area contributed by atoms with Crippen molar-refractivity contribution in [2.75, 3.05) is 19.5 Å². The highest BCUT2D eigenvalue weighted by molar-refractivity contribution is 7.98. The summed E-state index contributed by atoms with van der Waals surface area (Å²) in [4.78, 5) is 11.9. The number of thioether (sulfide) groups is 1. The van der Waals surface area contributed by atoms with Gasteiger partial charge in [0.15, 0.2) is 11.5 Å². The summed E-state index contributed by atoms with van der Waals surface area (Å²) in [5.41, 5.74) is 1.45. The van der Waals surface area contributed by atoms with Crippen molar-refractivity contribution in [3.63, 3.8) is 0 Å². The number of fused-ring (bicyclic) bond motifs is 1. The van der Waals surface area contributed by atoms with Crippen LogP contribution >= 0.6 is 11.8 Å². The first-order chi connectivity index (χ1) is 9.69. The van der Waals surface area contributed by atoms with Crippen LogP contribution in [0.4, 0.5) is 0 Å². The molecule has 0 spiro atoms. The van der Waals surface area contributed by atoms with Gasteiger partial charge in [0.05, 0.1) is 5.69 Å². The lowest BCUT2D eigenvalue weighted by Crippen LogP contribution is -2.15. The van der Waals surface area contributed by atoms with Crippen molar-refractivity contribution in [1.82, 2.24) is 10.2 Å². The number of nitrogens with zero attached hydrogens (tertiary/aromatic N) is 1. The number of H-pyrrole nitrogens is 1. The molecule has 0 unspecified atom stereocenters. The standard InChI is InChI=1S/C13H12N2O4S/c1-20-12-6-11-10(18-2-3-19-11)4-7(12)8-5-9(13(16)17)15-14-8/h4-6H,2-3H2,1H3,(H,14,15)(H,16,17). The number of hydrogen-bond acceptors (Lipinski definition) is 5. The molecule has 20 heavy (non-hydrogen) atoms. The molecular weight excluding hydrogens is 280 g/mol. The molecule has 7 heteroatoms. The second-order valence-corrected chi connectivity index (χ2v) is 5.02. The van der Waals surface area contributed by atoms with Crippen LogP contribution in [0.5, 0.6) is 11.5 Å². The van der Waals surface area contributed by atoms with E-state index in [1.807, 2.05) is 18.4 Å². The lowest BCUT2D eigenvalue weighted by atomic mass is 10.1. The molecule has 1 aromatic heterocycles. The van der Waals surface area contributed by atoms with Crippen molar-refractivity contribution in [3.05, 3.63) is 23.9 Å². The first kappa shape index (κ1) is 12.9. The van der Waals surface area contributed by atoms with Gasteiger partial charge in [0, 0.05) is 10.5 Å². The van der Waals surface area contributed by atoms with E-state index in [1.165, 1.54) is 6.07 Å². The number of aromatic carboxylic acids is 1. The summed E-state index contributed by atoms with van der Waals surface area (Å²) in [6.07, 6.45) is 1.94. The summed E-state index contributed by atoms with van der Waals surface area (Å²) in [5.74, 6) is 0.328. The van der Waals surface area contributed by atoms with E-state index in [4.69, 9.17) is 14.6 Å². The maximum absolute atomic E-state index is 10.9. The fourth-order valence-electron chi connectivity index (χ4n) is 2.01. The number of aromatic nitrogens is 2. The van der Waals surface area contributed by atoms with E-state index in [0.717, 1.165) is 10.5 Å². The van der Waals surface area contributed by atoms with Crippen LogP contribution in [0.15, 0.2) is 23.1 Å². The Morgan fingerprint density at radius 1 is 1.30 bits per heavy atom. The van der Waals surface area contributed by atoms with Gasteiger partial charge in [-0.3, -0.25) is 5.10 Å². The van der Waals surface area contributed by atoms with Gasteiger partial charge in [-0.2, -0.15) is 5.10 Å². The van der Waals surface area contributed by atoms with Crippen LogP contribution < -0.4 is 9.47 Å². The third kappa shape index (κ3) is 2.20. The molecule has 0 atom stereocenters. The Hall–Kier alpha value is -2.15. The van der Waals surface area contributed by atoms with E-state index in [9.17, 15) is 4.79 Å². The Labute approximate surface area is 119 Å². The van der Waals surface area contributed by atoms with Gasteiger partial charge in [-0.15, -0.1) is 11.8 Å². The highest BCUT2D eigenvalue weighted by Gasteiger charge is 2.18. The summed E-state index contributed by atoms with van der Waals surface area (Å²) in [7, 11) is 0. The maximum Gasteiger partial charge on any atom is 0.353 e. The number of hydrogen-bond donors (Lipinski definition) is 2. The second-order valence-electron chi connectivity index (χ2n) is 4.17. The van der Waals surface area contributed by atoms with Crippen molar-refractivity contribution >= 4 is 17.7 Å². The first-order valence-corrected chi connectivity index (χ1v) is 7.18. The normalized spacial score (nSPS) is 13.2. The number of benzene rings is 1. The quantitative estimate of drug-likeness (QED) is 0.844. The lowest BCUT2D eigenvalue weighted by Gasteiger charge is -2.20. The molecule has 0 aliphatic carbocycles. The molecule has 2 heterocycles. The first-order valence-electron chi connectivity index (χ1n) is 5.95. The van der Waals surface area contributed by atoms with E-state index in [0.29, 0.717) is 30.4 Å². The molecule has 1 aliphatic heterocycles. The lowest BCUT2D eigenvalue weighted by molar-refractivity contribution is 0.0690. The minimum atomic E-state index is -1.04. The number of carboxylic acids is 1. The van der Waals surface area contributed by atoms with Crippen LogP contribution in [0.1, 0.15) is 10.5 Å². The van der Waals surface area contributed by atoms with Crippen LogP contribution in [0.2, 0.25) is 0 Å². The van der Waals surface area contributed by atoms with Gasteiger partial charge in [0.25, 0.3) is 0 Å². The van der Waals surface area contributed by atoms with E-state index in [2.05, 4.69) is 10.2 Å². The third-order valence-electron chi connectivity index (χ3n) is 2.95. The predicted octanol–water partition coefficient (Wildman–Crippen LogP) is 2.27. The highest BCUT2D eigenvalue weighted by Crippen LogP contribution is 2.40. The SMILES string of the molecule is CSc1cc2c(cc1-c1cc(C(=O)O)[nH]n1)OCCO2. The average molecular weight is 292 g/mol. The molecule has 0 radical (unpaired) electrons. The van der Waals surface area contributed by atoms with Crippen molar-refractivity contribution in [1.29, 1.82) is 0 Å². The fraction of sp³-hybridized carbons (Fsp3) is 0.231. The number of nitrogens with one attached hydrogen (secondary N) is 1. The number of aromatic amines is 1. The summed E-state index contributed by atoms with van der Waals surface area (Å²) in [5, 5.41) is 15.5. The minimum Gasteiger partial charge on any atom is -0.486 e. The highest BCUT2D eigenvalue weighted by atomic mass is 32.2. The predicted molar refractivity (Wildman–Crippen MR) is 73.8 cm³/mol. The Morgan fingerprint density at radius 3 is 2.60 bits per heavy atom. The Morgan fingerprint density at radius 2 is 2.00 bits per heavy atom. The largest absolute Gasteiger partial charge is 0.486 e. The molecule has 6 nitrogen and oxygen atoms in total. The van der Waals surface area contributed by atoms with E-state index >= 15 is 0 Å². The third-order valence-corrected chi connectivity index (χ3v) is 3.73. The zero-order valence-corrected chi connectivity index (χ0v) is 11.5. The molecule has 2 N–H and O–H groups in total. The van der Waals surface area contributed by atoms with E-state index in [1.54, 1.807) is 11.8 Å². The smallest absolute Gasteiger partial charge is 0.353 e. The topological polar surface area (TPSA) is 84.4 Å². The van der Waals surface area contributed by atoms with Crippen molar-refractivity contribution < 1.29 is 19.4 Å². The molecule has 0 fully saturated rings. The molecule has 0 bridgehead atoms. The zero-order chi connectivity index (χ0) is 14.1. The van der Waals surface area contributed by atoms with Gasteiger partial charge in [-0.25, -0.2) is 4.79 Å². The van der Waals surface area contributed by atoms with Gasteiger partial charge >= 0.3 is 5.97 Å². The van der Waals surface area contributed by atoms with Gasteiger partial charge in [0.2, 0.25) is 0 Å². The fourth-order valence-corrected chi connectivity index (χ4v) is 2.62. The van der Waals surface area contributed by atoms with Gasteiger partial charge in [-0.1, -0.05) is 0 Å². The average Bonchev–Trinajstić information content (AvgIpc) is 2.95. The van der Waals surface area contributed by atoms with Crippen molar-refractivity contribution in [3.8, 4) is 22.8 Å². The molecule has 0 saturated carbocycles. The summed E-state index contributed by atoms with van der Waals surface area (Å²) < 4.78 is 11.1. The Balaban J connectivity index is 2.08. The van der Waals surface area contributed by atoms with Gasteiger partial charge < -0.3 is 14.6 Å². The molecule has 0 amide bonds. The number of carbonyl (C=O) groups is 1. The van der Waals surface area contributed by atoms with E-state index in [-0.39, 0.29) is 5.69 Å². The van der Waals surface area contributed by atoms with Crippen molar-refractivity contribution in [2.45, 2.75) is 4.90 Å². The maximum atomic E-state index is 10.9. The Bertz CT molecular complexity index is 668. The number of carboxylic acid groups (broad SMARTS) is 1. The number of rotatable bonds is 3. The summed E-state index contributed by atoms with van der Waals surface area (Å²) >= 11 is 1.54. The molecule has 104 valence electrons. The molecular formula is C13H12N2O4S. The number of ether oxygens (including phenoxy) is 2. The van der Waals surface area contributed by atoms with Crippen LogP contribution in [-0.4, -0.2) is 40.7 Å². The minimum absolute atomic E-state index is 0.0574. The molecule has 3 rings (SSSR count). The van der Waals surface area contributed by atoms with Crippen LogP contribution in [0, 0.1) is 0 Å². The molecule has 1 aromatic carbocycles. The Kier molecular flexibility index (Phi) is 3.27. The van der Waals surface area contributed by atoms with Gasteiger partial charge in [0.1, 0.15) is 18.9 Å². The summed E-state index contributed by atoms with van der Waals surface area (Å²) in [6.45, 7) is 1.04. The van der Waals surface area contributed by atoms with Crippen LogP contribution in [0.3, 0.4) is 0 Å². The van der Waals surface area contributed by atoms with Crippen LogP contribution in [0.25, 0.3) is 11.3 Å². The van der Waals surface area contributed by atoms with Crippen molar-refractivity contribution in [2.24, 2.45) is 0 Å². The van der Waals surface area contributed by atoms with Gasteiger partial charge in [-0.05, 0) is 24.5 Å². The summed E-state index contributed by atoms with van der Waals surface area (Å²) in [6, 6.07) is 5.24. The molecule has 2 aromatic rings. The molecule has 1 aliphatic rings. The second kappa shape index (κ2) is 5.09. The monoisotopic (exact) mass is 292 g/mol. The van der Waals surface area contributed by atoms with E-state index < -0.39 is 5.97 Å².